The van der Waals surface area contributed by atoms with Crippen molar-refractivity contribution in [3.8, 4) is 5.75 Å². The molecular weight excluding hydrogens is 326 g/mol. The third kappa shape index (κ3) is 4.85. The summed E-state index contributed by atoms with van der Waals surface area (Å²) in [6, 6.07) is 3.71. The molecule has 5 nitrogen and oxygen atoms in total. The third-order valence-electron chi connectivity index (χ3n) is 2.31. The zero-order chi connectivity index (χ0) is 15.5. The van der Waals surface area contributed by atoms with Crippen LogP contribution in [-0.4, -0.2) is 28.6 Å². The number of carbonyl (C=O) groups is 2. The van der Waals surface area contributed by atoms with Gasteiger partial charge in [0.2, 0.25) is 0 Å². The zero-order valence-electron chi connectivity index (χ0n) is 11.9. The molecule has 0 aromatic heterocycles. The van der Waals surface area contributed by atoms with Crippen LogP contribution < -0.4 is 5.32 Å². The second-order valence-corrected chi connectivity index (χ2v) is 6.31. The first-order chi connectivity index (χ1) is 9.10. The van der Waals surface area contributed by atoms with Crippen LogP contribution in [0.15, 0.2) is 22.7 Å². The van der Waals surface area contributed by atoms with Crippen molar-refractivity contribution < 1.29 is 19.4 Å². The summed E-state index contributed by atoms with van der Waals surface area (Å²) in [5, 5.41) is 12.2. The molecule has 0 saturated heterocycles. The number of carbonyl (C=O) groups excluding carboxylic acids is 2. The predicted octanol–water partition coefficient (Wildman–Crippen LogP) is 2.61. The Morgan fingerprint density at radius 3 is 2.45 bits per heavy atom. The van der Waals surface area contributed by atoms with E-state index in [9.17, 15) is 14.7 Å². The van der Waals surface area contributed by atoms with E-state index in [1.165, 1.54) is 19.1 Å². The zero-order valence-corrected chi connectivity index (χ0v) is 13.4. The molecule has 6 heteroatoms. The van der Waals surface area contributed by atoms with Gasteiger partial charge in [-0.15, -0.1) is 0 Å². The largest absolute Gasteiger partial charge is 0.507 e. The van der Waals surface area contributed by atoms with E-state index in [0.717, 1.165) is 0 Å². The molecule has 1 aromatic rings. The average Bonchev–Trinajstić information content (AvgIpc) is 2.26. The lowest BCUT2D eigenvalue weighted by atomic mass is 10.1. The van der Waals surface area contributed by atoms with Gasteiger partial charge in [-0.25, -0.2) is 4.79 Å². The first kappa shape index (κ1) is 16.5. The summed E-state index contributed by atoms with van der Waals surface area (Å²) < 4.78 is 5.82. The van der Waals surface area contributed by atoms with Crippen LogP contribution in [0.25, 0.3) is 0 Å². The Kier molecular flexibility index (Phi) is 5.16. The van der Waals surface area contributed by atoms with Crippen LogP contribution in [0.4, 0.5) is 0 Å². The number of ether oxygens (including phenoxy) is 1. The standard InChI is InChI=1S/C14H18BrNO4/c1-8(13(19)20-14(2,3)4)16-12(18)10-6-5-9(15)7-11(10)17/h5-8,17H,1-4H3,(H,16,18)/t8-/m1/s1. The Balaban J connectivity index is 2.73. The van der Waals surface area contributed by atoms with Gasteiger partial charge < -0.3 is 15.2 Å². The van der Waals surface area contributed by atoms with Gasteiger partial charge in [0.05, 0.1) is 5.56 Å². The Hall–Kier alpha value is -1.56. The number of amides is 1. The van der Waals surface area contributed by atoms with Crippen LogP contribution in [0, 0.1) is 0 Å². The molecule has 0 aliphatic rings. The molecule has 0 bridgehead atoms. The van der Waals surface area contributed by atoms with Crippen molar-refractivity contribution in [2.75, 3.05) is 0 Å². The molecule has 0 heterocycles. The van der Waals surface area contributed by atoms with Gasteiger partial charge in [0.25, 0.3) is 5.91 Å². The summed E-state index contributed by atoms with van der Waals surface area (Å²) in [7, 11) is 0. The van der Waals surface area contributed by atoms with Gasteiger partial charge in [0.1, 0.15) is 17.4 Å². The highest BCUT2D eigenvalue weighted by Gasteiger charge is 2.24. The van der Waals surface area contributed by atoms with E-state index in [0.29, 0.717) is 4.47 Å². The van der Waals surface area contributed by atoms with Crippen LogP contribution in [0.5, 0.6) is 5.75 Å². The van der Waals surface area contributed by atoms with E-state index < -0.39 is 23.5 Å². The second kappa shape index (κ2) is 6.26. The minimum absolute atomic E-state index is 0.101. The van der Waals surface area contributed by atoms with E-state index >= 15 is 0 Å². The van der Waals surface area contributed by atoms with Crippen LogP contribution >= 0.6 is 15.9 Å². The molecule has 2 N–H and O–H groups in total. The number of phenolic OH excluding ortho intramolecular Hbond substituents is 1. The van der Waals surface area contributed by atoms with E-state index in [2.05, 4.69) is 21.2 Å². The molecule has 110 valence electrons. The van der Waals surface area contributed by atoms with Crippen molar-refractivity contribution in [2.24, 2.45) is 0 Å². The quantitative estimate of drug-likeness (QED) is 0.827. The number of benzene rings is 1. The molecule has 1 aromatic carbocycles. The summed E-state index contributed by atoms with van der Waals surface area (Å²) in [6.45, 7) is 6.78. The molecule has 0 aliphatic carbocycles. The van der Waals surface area contributed by atoms with Crippen molar-refractivity contribution in [3.05, 3.63) is 28.2 Å². The Bertz CT molecular complexity index is 522. The van der Waals surface area contributed by atoms with Gasteiger partial charge in [-0.2, -0.15) is 0 Å². The van der Waals surface area contributed by atoms with Crippen LogP contribution in [-0.2, 0) is 9.53 Å². The Morgan fingerprint density at radius 1 is 1.35 bits per heavy atom. The van der Waals surface area contributed by atoms with Crippen molar-refractivity contribution >= 4 is 27.8 Å². The number of aromatic hydroxyl groups is 1. The number of hydrogen-bond acceptors (Lipinski definition) is 4. The number of halogens is 1. The van der Waals surface area contributed by atoms with E-state index in [4.69, 9.17) is 4.74 Å². The van der Waals surface area contributed by atoms with Crippen LogP contribution in [0.1, 0.15) is 38.1 Å². The summed E-state index contributed by atoms with van der Waals surface area (Å²) in [4.78, 5) is 23.7. The monoisotopic (exact) mass is 343 g/mol. The van der Waals surface area contributed by atoms with Gasteiger partial charge in [-0.05, 0) is 45.9 Å². The summed E-state index contributed by atoms with van der Waals surface area (Å²) in [5.41, 5.74) is -0.515. The van der Waals surface area contributed by atoms with Crippen molar-refractivity contribution in [2.45, 2.75) is 39.3 Å². The lowest BCUT2D eigenvalue weighted by molar-refractivity contribution is -0.156. The molecule has 1 rings (SSSR count). The minimum atomic E-state index is -0.801. The minimum Gasteiger partial charge on any atom is -0.507 e. The highest BCUT2D eigenvalue weighted by molar-refractivity contribution is 9.10. The van der Waals surface area contributed by atoms with Gasteiger partial charge in [-0.1, -0.05) is 15.9 Å². The molecule has 0 unspecified atom stereocenters. The van der Waals surface area contributed by atoms with Gasteiger partial charge >= 0.3 is 5.97 Å². The maximum Gasteiger partial charge on any atom is 0.328 e. The first-order valence-corrected chi connectivity index (χ1v) is 6.91. The lowest BCUT2D eigenvalue weighted by Gasteiger charge is -2.22. The number of nitrogens with one attached hydrogen (secondary N) is 1. The smallest absolute Gasteiger partial charge is 0.328 e. The topological polar surface area (TPSA) is 75.6 Å². The number of esters is 1. The van der Waals surface area contributed by atoms with Crippen molar-refractivity contribution in [3.63, 3.8) is 0 Å². The molecule has 0 spiro atoms. The summed E-state index contributed by atoms with van der Waals surface area (Å²) in [5.74, 6) is -1.22. The second-order valence-electron chi connectivity index (χ2n) is 5.39. The molecule has 20 heavy (non-hydrogen) atoms. The average molecular weight is 344 g/mol. The fourth-order valence-corrected chi connectivity index (χ4v) is 1.77. The number of hydrogen-bond donors (Lipinski definition) is 2. The lowest BCUT2D eigenvalue weighted by Crippen LogP contribution is -2.42. The SMILES string of the molecule is C[C@@H](NC(=O)c1ccc(Br)cc1O)C(=O)OC(C)(C)C. The number of phenols is 1. The predicted molar refractivity (Wildman–Crippen MR) is 78.6 cm³/mol. The molecule has 0 radical (unpaired) electrons. The van der Waals surface area contributed by atoms with Gasteiger partial charge in [0, 0.05) is 4.47 Å². The van der Waals surface area contributed by atoms with Crippen molar-refractivity contribution in [1.82, 2.24) is 5.32 Å². The first-order valence-electron chi connectivity index (χ1n) is 6.12. The normalized spacial score (nSPS) is 12.7. The van der Waals surface area contributed by atoms with Gasteiger partial charge in [0.15, 0.2) is 0 Å². The Labute approximate surface area is 126 Å². The van der Waals surface area contributed by atoms with Crippen molar-refractivity contribution in [1.29, 1.82) is 0 Å². The fraction of sp³-hybridized carbons (Fsp3) is 0.429. The molecular formula is C14H18BrNO4. The van der Waals surface area contributed by atoms with E-state index in [1.54, 1.807) is 26.8 Å². The highest BCUT2D eigenvalue weighted by atomic mass is 79.9. The fourth-order valence-electron chi connectivity index (χ4n) is 1.42. The van der Waals surface area contributed by atoms with E-state index in [1.807, 2.05) is 0 Å². The highest BCUT2D eigenvalue weighted by Crippen LogP contribution is 2.22. The maximum absolute atomic E-state index is 12.0. The molecule has 0 saturated carbocycles. The Morgan fingerprint density at radius 2 is 1.95 bits per heavy atom. The number of rotatable bonds is 3. The van der Waals surface area contributed by atoms with Gasteiger partial charge in [-0.3, -0.25) is 4.79 Å². The molecule has 1 atom stereocenters. The van der Waals surface area contributed by atoms with Crippen LogP contribution in [0.3, 0.4) is 0 Å². The third-order valence-corrected chi connectivity index (χ3v) is 2.81. The summed E-state index contributed by atoms with van der Waals surface area (Å²) in [6.07, 6.45) is 0. The van der Waals surface area contributed by atoms with E-state index in [-0.39, 0.29) is 11.3 Å². The summed E-state index contributed by atoms with van der Waals surface area (Å²) >= 11 is 3.19. The molecule has 0 fully saturated rings. The molecule has 0 aliphatic heterocycles. The maximum atomic E-state index is 12.0. The molecule has 1 amide bonds. The van der Waals surface area contributed by atoms with Crippen LogP contribution in [0.2, 0.25) is 0 Å².